The zero-order valence-electron chi connectivity index (χ0n) is 17.9. The molecule has 2 aliphatic rings. The van der Waals surface area contributed by atoms with E-state index in [1.807, 2.05) is 0 Å². The number of alkyl halides is 3. The molecule has 0 amide bonds. The molecule has 1 aromatic rings. The molecule has 0 atom stereocenters. The summed E-state index contributed by atoms with van der Waals surface area (Å²) in [6.45, 7) is 2.08. The van der Waals surface area contributed by atoms with E-state index in [-0.39, 0.29) is 11.6 Å². The topological polar surface area (TPSA) is 0 Å². The van der Waals surface area contributed by atoms with Gasteiger partial charge in [-0.3, -0.25) is 0 Å². The van der Waals surface area contributed by atoms with E-state index in [0.717, 1.165) is 42.2 Å². The van der Waals surface area contributed by atoms with Gasteiger partial charge in [0, 0.05) is 11.6 Å². The van der Waals surface area contributed by atoms with E-state index < -0.39 is 12.0 Å². The Morgan fingerprint density at radius 1 is 0.933 bits per heavy atom. The van der Waals surface area contributed by atoms with Gasteiger partial charge in [0.05, 0.1) is 0 Å². The minimum atomic E-state index is -4.42. The molecule has 2 aliphatic carbocycles. The van der Waals surface area contributed by atoms with E-state index in [2.05, 4.69) is 19.1 Å². The van der Waals surface area contributed by atoms with Crippen molar-refractivity contribution in [2.75, 3.05) is 0 Å². The summed E-state index contributed by atoms with van der Waals surface area (Å²) in [5.41, 5.74) is 0.929. The summed E-state index contributed by atoms with van der Waals surface area (Å²) in [5.74, 6) is 2.29. The molecular weight excluding hydrogens is 388 g/mol. The number of allylic oxidation sites excluding steroid dienone is 3. The molecule has 0 bridgehead atoms. The van der Waals surface area contributed by atoms with Gasteiger partial charge < -0.3 is 0 Å². The fraction of sp³-hybridized carbons (Fsp3) is 0.615. The summed E-state index contributed by atoms with van der Waals surface area (Å²) >= 11 is 0. The summed E-state index contributed by atoms with van der Waals surface area (Å²) in [6.07, 6.45) is 13.3. The summed E-state index contributed by atoms with van der Waals surface area (Å²) in [5, 5.41) is 0. The lowest BCUT2D eigenvalue weighted by Crippen LogP contribution is -2.25. The first-order valence-electron chi connectivity index (χ1n) is 11.5. The van der Waals surface area contributed by atoms with Crippen molar-refractivity contribution in [1.82, 2.24) is 0 Å². The smallest absolute Gasteiger partial charge is 0.206 e. The van der Waals surface area contributed by atoms with Gasteiger partial charge >= 0.3 is 6.18 Å². The Hall–Kier alpha value is -1.58. The van der Waals surface area contributed by atoms with Crippen LogP contribution in [0.25, 0.3) is 6.08 Å². The lowest BCUT2D eigenvalue weighted by molar-refractivity contribution is -0.0790. The van der Waals surface area contributed by atoms with E-state index in [0.29, 0.717) is 5.92 Å². The predicted molar refractivity (Wildman–Crippen MR) is 116 cm³/mol. The molecule has 0 radical (unpaired) electrons. The van der Waals surface area contributed by atoms with Crippen LogP contribution in [-0.2, 0) is 0 Å². The van der Waals surface area contributed by atoms with Crippen LogP contribution in [0.3, 0.4) is 0 Å². The normalized spacial score (nSPS) is 28.4. The van der Waals surface area contributed by atoms with Gasteiger partial charge in [-0.1, -0.05) is 37.1 Å². The Morgan fingerprint density at radius 3 is 2.13 bits per heavy atom. The first-order valence-corrected chi connectivity index (χ1v) is 11.5. The van der Waals surface area contributed by atoms with Crippen LogP contribution in [0.15, 0.2) is 36.4 Å². The highest BCUT2D eigenvalue weighted by atomic mass is 19.4. The third-order valence-corrected chi connectivity index (χ3v) is 7.25. The Morgan fingerprint density at radius 2 is 1.57 bits per heavy atom. The van der Waals surface area contributed by atoms with Crippen molar-refractivity contribution in [3.8, 4) is 0 Å². The molecule has 0 heterocycles. The molecule has 0 unspecified atom stereocenters. The van der Waals surface area contributed by atoms with Crippen molar-refractivity contribution in [2.45, 2.75) is 83.2 Å². The average Bonchev–Trinajstić information content (AvgIpc) is 2.73. The number of benzene rings is 1. The summed E-state index contributed by atoms with van der Waals surface area (Å²) < 4.78 is 51.2. The number of halogens is 4. The molecule has 4 heteroatoms. The van der Waals surface area contributed by atoms with Gasteiger partial charge in [-0.15, -0.1) is 0 Å². The first-order chi connectivity index (χ1) is 14.4. The van der Waals surface area contributed by atoms with Crippen molar-refractivity contribution in [2.24, 2.45) is 17.8 Å². The van der Waals surface area contributed by atoms with E-state index in [4.69, 9.17) is 0 Å². The van der Waals surface area contributed by atoms with Gasteiger partial charge in [-0.25, -0.2) is 4.39 Å². The Bertz CT molecular complexity index is 715. The summed E-state index contributed by atoms with van der Waals surface area (Å²) in [7, 11) is 0. The van der Waals surface area contributed by atoms with Crippen molar-refractivity contribution >= 4 is 6.08 Å². The molecule has 0 saturated heterocycles. The highest BCUT2D eigenvalue weighted by Crippen LogP contribution is 2.44. The lowest BCUT2D eigenvalue weighted by atomic mass is 9.68. The van der Waals surface area contributed by atoms with Crippen LogP contribution in [0.2, 0.25) is 0 Å². The Kier molecular flexibility index (Phi) is 8.19. The third kappa shape index (κ3) is 6.72. The molecule has 166 valence electrons. The standard InChI is InChI=1S/C26H34F4/c1-2-3-4-5-19-6-8-20(9-7-19)21-10-12-22(13-11-21)24-15-14-23(25(27)18-24)16-17-26(28,29)30/h2-3,14-22H,4-13H2,1H3/b3-2+,17-16+. The molecular formula is C26H34F4. The van der Waals surface area contributed by atoms with E-state index in [1.165, 1.54) is 63.5 Å². The number of rotatable bonds is 6. The fourth-order valence-corrected chi connectivity index (χ4v) is 5.49. The maximum Gasteiger partial charge on any atom is 0.409 e. The quantitative estimate of drug-likeness (QED) is 0.317. The van der Waals surface area contributed by atoms with Crippen molar-refractivity contribution in [1.29, 1.82) is 0 Å². The molecule has 0 nitrogen and oxygen atoms in total. The second-order valence-electron chi connectivity index (χ2n) is 9.19. The molecule has 2 fully saturated rings. The van der Waals surface area contributed by atoms with Crippen LogP contribution in [-0.4, -0.2) is 6.18 Å². The van der Waals surface area contributed by atoms with Crippen LogP contribution < -0.4 is 0 Å². The van der Waals surface area contributed by atoms with Crippen molar-refractivity contribution in [3.05, 3.63) is 53.4 Å². The second-order valence-corrected chi connectivity index (χ2v) is 9.19. The zero-order chi connectivity index (χ0) is 21.6. The monoisotopic (exact) mass is 422 g/mol. The van der Waals surface area contributed by atoms with E-state index in [9.17, 15) is 17.6 Å². The molecule has 1 aromatic carbocycles. The minimum Gasteiger partial charge on any atom is -0.206 e. The molecule has 0 aromatic heterocycles. The van der Waals surface area contributed by atoms with Crippen LogP contribution in [0.1, 0.15) is 88.2 Å². The highest BCUT2D eigenvalue weighted by Gasteiger charge is 2.31. The lowest BCUT2D eigenvalue weighted by Gasteiger charge is -2.38. The average molecular weight is 423 g/mol. The van der Waals surface area contributed by atoms with Crippen LogP contribution in [0, 0.1) is 23.6 Å². The van der Waals surface area contributed by atoms with Gasteiger partial charge in [-0.2, -0.15) is 13.2 Å². The Labute approximate surface area is 178 Å². The molecule has 3 rings (SSSR count). The van der Waals surface area contributed by atoms with Gasteiger partial charge in [-0.05, 0) is 99.7 Å². The second kappa shape index (κ2) is 10.6. The SMILES string of the molecule is C/C=C/CCC1CCC(C2CCC(c3ccc(/C=C/C(F)(F)F)c(F)c3)CC2)CC1. The van der Waals surface area contributed by atoms with Crippen LogP contribution in [0.4, 0.5) is 17.6 Å². The van der Waals surface area contributed by atoms with E-state index in [1.54, 1.807) is 6.07 Å². The maximum absolute atomic E-state index is 14.3. The number of hydrogen-bond acceptors (Lipinski definition) is 0. The number of hydrogen-bond donors (Lipinski definition) is 0. The molecule has 2 saturated carbocycles. The fourth-order valence-electron chi connectivity index (χ4n) is 5.49. The molecule has 0 N–H and O–H groups in total. The summed E-state index contributed by atoms with van der Waals surface area (Å²) in [6, 6.07) is 4.73. The zero-order valence-corrected chi connectivity index (χ0v) is 17.9. The first kappa shape index (κ1) is 23.1. The largest absolute Gasteiger partial charge is 0.409 e. The molecule has 0 spiro atoms. The van der Waals surface area contributed by atoms with Crippen LogP contribution in [0.5, 0.6) is 0 Å². The van der Waals surface area contributed by atoms with Gasteiger partial charge in [0.2, 0.25) is 0 Å². The predicted octanol–water partition coefficient (Wildman–Crippen LogP) is 8.84. The van der Waals surface area contributed by atoms with Gasteiger partial charge in [0.15, 0.2) is 0 Å². The van der Waals surface area contributed by atoms with Crippen molar-refractivity contribution in [3.63, 3.8) is 0 Å². The maximum atomic E-state index is 14.3. The van der Waals surface area contributed by atoms with E-state index >= 15 is 0 Å². The molecule has 0 aliphatic heterocycles. The Balaban J connectivity index is 1.48. The van der Waals surface area contributed by atoms with Crippen LogP contribution >= 0.6 is 0 Å². The van der Waals surface area contributed by atoms with Gasteiger partial charge in [0.1, 0.15) is 5.82 Å². The third-order valence-electron chi connectivity index (χ3n) is 7.25. The summed E-state index contributed by atoms with van der Waals surface area (Å²) in [4.78, 5) is 0. The highest BCUT2D eigenvalue weighted by molar-refractivity contribution is 5.51. The van der Waals surface area contributed by atoms with Crippen molar-refractivity contribution < 1.29 is 17.6 Å². The minimum absolute atomic E-state index is 0.00375. The molecule has 30 heavy (non-hydrogen) atoms. The van der Waals surface area contributed by atoms with Gasteiger partial charge in [0.25, 0.3) is 0 Å².